The van der Waals surface area contributed by atoms with Crippen LogP contribution in [0.3, 0.4) is 0 Å². The summed E-state index contributed by atoms with van der Waals surface area (Å²) in [6.45, 7) is 2.38. The summed E-state index contributed by atoms with van der Waals surface area (Å²) in [5, 5.41) is 6.84. The molecule has 1 heterocycles. The molecule has 1 aromatic heterocycles. The van der Waals surface area contributed by atoms with Gasteiger partial charge in [0, 0.05) is 24.3 Å². The zero-order valence-electron chi connectivity index (χ0n) is 10.9. The Labute approximate surface area is 119 Å². The van der Waals surface area contributed by atoms with Gasteiger partial charge in [-0.25, -0.2) is 14.3 Å². The molecule has 0 aliphatic rings. The van der Waals surface area contributed by atoms with Gasteiger partial charge in [0.1, 0.15) is 5.82 Å². The normalized spacial score (nSPS) is 10.7. The van der Waals surface area contributed by atoms with Gasteiger partial charge in [0.05, 0.1) is 0 Å². The van der Waals surface area contributed by atoms with Crippen molar-refractivity contribution < 1.29 is 9.18 Å². The van der Waals surface area contributed by atoms with Crippen molar-refractivity contribution in [3.8, 4) is 0 Å². The van der Waals surface area contributed by atoms with Gasteiger partial charge in [0.2, 0.25) is 0 Å². The average Bonchev–Trinajstić information content (AvgIpc) is 2.80. The second-order valence-corrected chi connectivity index (χ2v) is 5.15. The number of hydrogen-bond donors (Lipinski definition) is 1. The number of thioether (sulfide) groups is 1. The molecule has 0 atom stereocenters. The summed E-state index contributed by atoms with van der Waals surface area (Å²) in [6, 6.07) is 5.48. The van der Waals surface area contributed by atoms with Gasteiger partial charge in [0.25, 0.3) is 0 Å². The molecule has 7 heteroatoms. The zero-order chi connectivity index (χ0) is 14.5. The second kappa shape index (κ2) is 6.51. The lowest BCUT2D eigenvalue weighted by atomic mass is 10.1. The Morgan fingerprint density at radius 1 is 1.40 bits per heavy atom. The van der Waals surface area contributed by atoms with Crippen molar-refractivity contribution in [1.29, 1.82) is 0 Å². The number of carbonyl (C=O) groups is 1. The number of halogens is 1. The van der Waals surface area contributed by atoms with Gasteiger partial charge in [-0.15, -0.1) is 5.10 Å². The first-order valence-electron chi connectivity index (χ1n) is 6.18. The van der Waals surface area contributed by atoms with E-state index in [4.69, 9.17) is 0 Å². The van der Waals surface area contributed by atoms with Crippen LogP contribution in [0.5, 0.6) is 0 Å². The van der Waals surface area contributed by atoms with Crippen LogP contribution in [0.1, 0.15) is 23.7 Å². The Morgan fingerprint density at radius 2 is 2.10 bits per heavy atom. The maximum absolute atomic E-state index is 12.7. The van der Waals surface area contributed by atoms with E-state index in [-0.39, 0.29) is 17.3 Å². The Morgan fingerprint density at radius 3 is 2.75 bits per heavy atom. The molecule has 0 saturated carbocycles. The highest BCUT2D eigenvalue weighted by Gasteiger charge is 2.10. The number of aromatic amines is 1. The number of aromatic nitrogens is 3. The van der Waals surface area contributed by atoms with Crippen LogP contribution in [0.4, 0.5) is 4.39 Å². The van der Waals surface area contributed by atoms with Crippen LogP contribution in [0.25, 0.3) is 0 Å². The predicted octanol–water partition coefficient (Wildman–Crippen LogP) is 2.10. The molecule has 2 rings (SSSR count). The van der Waals surface area contributed by atoms with E-state index in [0.29, 0.717) is 29.4 Å². The smallest absolute Gasteiger partial charge is 0.294 e. The third-order valence-electron chi connectivity index (χ3n) is 2.77. The standard InChI is InChI=1S/C13H14FN3O2S/c1-2-17-12(19)15-16-13(17)20-8-7-11(18)9-3-5-10(14)6-4-9/h3-6H,2,7-8H2,1H3,(H,15,19). The fraction of sp³-hybridized carbons (Fsp3) is 0.308. The predicted molar refractivity (Wildman–Crippen MR) is 74.6 cm³/mol. The topological polar surface area (TPSA) is 67.8 Å². The summed E-state index contributed by atoms with van der Waals surface area (Å²) in [4.78, 5) is 23.2. The third-order valence-corrected chi connectivity index (χ3v) is 3.74. The van der Waals surface area contributed by atoms with E-state index in [1.165, 1.54) is 40.6 Å². The number of nitrogens with one attached hydrogen (secondary N) is 1. The molecule has 0 bridgehead atoms. The SMILES string of the molecule is CCn1c(SCCC(=O)c2ccc(F)cc2)n[nH]c1=O. The third kappa shape index (κ3) is 3.36. The number of nitrogens with zero attached hydrogens (tertiary/aromatic N) is 2. The van der Waals surface area contributed by atoms with E-state index in [2.05, 4.69) is 10.2 Å². The number of Topliss-reactive ketones (excluding diaryl/α,β-unsaturated/α-hetero) is 1. The minimum atomic E-state index is -0.362. The summed E-state index contributed by atoms with van der Waals surface area (Å²) >= 11 is 1.34. The van der Waals surface area contributed by atoms with Gasteiger partial charge in [-0.3, -0.25) is 9.36 Å². The van der Waals surface area contributed by atoms with Gasteiger partial charge in [0.15, 0.2) is 10.9 Å². The number of benzene rings is 1. The average molecular weight is 295 g/mol. The number of H-pyrrole nitrogens is 1. The van der Waals surface area contributed by atoms with Crippen molar-refractivity contribution in [3.63, 3.8) is 0 Å². The van der Waals surface area contributed by atoms with Gasteiger partial charge < -0.3 is 0 Å². The summed E-state index contributed by atoms with van der Waals surface area (Å²) in [5.74, 6) is 0.0957. The number of hydrogen-bond acceptors (Lipinski definition) is 4. The van der Waals surface area contributed by atoms with Gasteiger partial charge >= 0.3 is 5.69 Å². The molecular formula is C13H14FN3O2S. The Bertz CT molecular complexity index is 648. The molecule has 0 unspecified atom stereocenters. The lowest BCUT2D eigenvalue weighted by Crippen LogP contribution is -2.16. The molecule has 20 heavy (non-hydrogen) atoms. The lowest BCUT2D eigenvalue weighted by molar-refractivity contribution is 0.0989. The molecule has 0 radical (unpaired) electrons. The monoisotopic (exact) mass is 295 g/mol. The summed E-state index contributed by atoms with van der Waals surface area (Å²) < 4.78 is 14.3. The molecule has 1 aromatic carbocycles. The lowest BCUT2D eigenvalue weighted by Gasteiger charge is -2.02. The molecule has 0 amide bonds. The minimum Gasteiger partial charge on any atom is -0.294 e. The Balaban J connectivity index is 1.91. The van der Waals surface area contributed by atoms with Crippen LogP contribution < -0.4 is 5.69 Å². The van der Waals surface area contributed by atoms with E-state index in [0.717, 1.165) is 0 Å². The molecule has 0 saturated heterocycles. The molecule has 0 spiro atoms. The molecule has 0 aliphatic carbocycles. The minimum absolute atomic E-state index is 0.0570. The highest BCUT2D eigenvalue weighted by atomic mass is 32.2. The van der Waals surface area contributed by atoms with Crippen molar-refractivity contribution in [3.05, 3.63) is 46.1 Å². The van der Waals surface area contributed by atoms with Crippen molar-refractivity contribution in [2.24, 2.45) is 0 Å². The van der Waals surface area contributed by atoms with Crippen LogP contribution in [0.15, 0.2) is 34.2 Å². The summed E-state index contributed by atoms with van der Waals surface area (Å²) in [5.41, 5.74) is 0.238. The van der Waals surface area contributed by atoms with E-state index < -0.39 is 0 Å². The van der Waals surface area contributed by atoms with Crippen molar-refractivity contribution in [2.75, 3.05) is 5.75 Å². The van der Waals surface area contributed by atoms with Gasteiger partial charge in [-0.2, -0.15) is 0 Å². The van der Waals surface area contributed by atoms with E-state index in [9.17, 15) is 14.0 Å². The molecule has 106 valence electrons. The van der Waals surface area contributed by atoms with Crippen LogP contribution >= 0.6 is 11.8 Å². The maximum Gasteiger partial charge on any atom is 0.343 e. The fourth-order valence-corrected chi connectivity index (χ4v) is 2.66. The first-order chi connectivity index (χ1) is 9.61. The van der Waals surface area contributed by atoms with E-state index in [1.54, 1.807) is 0 Å². The largest absolute Gasteiger partial charge is 0.343 e. The fourth-order valence-electron chi connectivity index (χ4n) is 1.71. The van der Waals surface area contributed by atoms with Gasteiger partial charge in [-0.05, 0) is 31.2 Å². The summed E-state index contributed by atoms with van der Waals surface area (Å²) in [6.07, 6.45) is 0.307. The number of ketones is 1. The molecular weight excluding hydrogens is 281 g/mol. The van der Waals surface area contributed by atoms with Crippen LogP contribution in [0.2, 0.25) is 0 Å². The highest BCUT2D eigenvalue weighted by Crippen LogP contribution is 2.16. The number of rotatable bonds is 6. The van der Waals surface area contributed by atoms with Gasteiger partial charge in [-0.1, -0.05) is 11.8 Å². The van der Waals surface area contributed by atoms with Crippen LogP contribution in [-0.2, 0) is 6.54 Å². The van der Waals surface area contributed by atoms with Crippen molar-refractivity contribution >= 4 is 17.5 Å². The van der Waals surface area contributed by atoms with Crippen molar-refractivity contribution in [1.82, 2.24) is 14.8 Å². The van der Waals surface area contributed by atoms with E-state index >= 15 is 0 Å². The van der Waals surface area contributed by atoms with E-state index in [1.807, 2.05) is 6.92 Å². The molecule has 1 N–H and O–H groups in total. The first-order valence-corrected chi connectivity index (χ1v) is 7.17. The van der Waals surface area contributed by atoms with Crippen LogP contribution in [-0.4, -0.2) is 26.3 Å². The van der Waals surface area contributed by atoms with Crippen LogP contribution in [0, 0.1) is 5.82 Å². The molecule has 0 aliphatic heterocycles. The molecule has 5 nitrogen and oxygen atoms in total. The zero-order valence-corrected chi connectivity index (χ0v) is 11.7. The molecule has 0 fully saturated rings. The van der Waals surface area contributed by atoms with Crippen molar-refractivity contribution in [2.45, 2.75) is 25.0 Å². The maximum atomic E-state index is 12.7. The highest BCUT2D eigenvalue weighted by molar-refractivity contribution is 7.99. The Hall–Kier alpha value is -1.89. The second-order valence-electron chi connectivity index (χ2n) is 4.08. The molecule has 2 aromatic rings. The summed E-state index contributed by atoms with van der Waals surface area (Å²) in [7, 11) is 0. The quantitative estimate of drug-likeness (QED) is 0.654. The first kappa shape index (κ1) is 14.5. The Kier molecular flexibility index (Phi) is 4.73. The number of carbonyl (C=O) groups excluding carboxylic acids is 1.